The van der Waals surface area contributed by atoms with Crippen LogP contribution in [0.5, 0.6) is 0 Å². The van der Waals surface area contributed by atoms with Crippen molar-refractivity contribution in [2.75, 3.05) is 0 Å². The van der Waals surface area contributed by atoms with E-state index in [9.17, 15) is 9.18 Å². The molecule has 0 aromatic heterocycles. The fraction of sp³-hybridized carbons (Fsp3) is 0.417. The Morgan fingerprint density at radius 1 is 1.44 bits per heavy atom. The summed E-state index contributed by atoms with van der Waals surface area (Å²) in [6.07, 6.45) is 1.78. The second kappa shape index (κ2) is 4.42. The Morgan fingerprint density at radius 3 is 2.75 bits per heavy atom. The highest BCUT2D eigenvalue weighted by atomic mass is 35.5. The van der Waals surface area contributed by atoms with Crippen molar-refractivity contribution in [1.82, 2.24) is 0 Å². The highest BCUT2D eigenvalue weighted by Crippen LogP contribution is 2.41. The molecule has 0 amide bonds. The maximum atomic E-state index is 13.6. The zero-order valence-corrected chi connectivity index (χ0v) is 9.38. The Hall–Kier alpha value is -1.09. The van der Waals surface area contributed by atoms with Gasteiger partial charge in [-0.3, -0.25) is 4.79 Å². The number of benzene rings is 1. The van der Waals surface area contributed by atoms with Gasteiger partial charge in [0.05, 0.1) is 5.92 Å². The van der Waals surface area contributed by atoms with Crippen molar-refractivity contribution in [3.8, 4) is 0 Å². The molecule has 1 aliphatic rings. The Balaban J connectivity index is 2.24. The van der Waals surface area contributed by atoms with E-state index in [2.05, 4.69) is 0 Å². The molecule has 0 bridgehead atoms. The summed E-state index contributed by atoms with van der Waals surface area (Å²) >= 11 is 5.95. The molecule has 1 aromatic carbocycles. The summed E-state index contributed by atoms with van der Waals surface area (Å²) in [6, 6.07) is 4.58. The van der Waals surface area contributed by atoms with Crippen LogP contribution in [0.4, 0.5) is 4.39 Å². The van der Waals surface area contributed by atoms with Gasteiger partial charge in [-0.25, -0.2) is 4.39 Å². The molecule has 2 unspecified atom stereocenters. The first-order chi connectivity index (χ1) is 7.59. The quantitative estimate of drug-likeness (QED) is 0.863. The molecule has 0 spiro atoms. The number of carboxylic acids is 1. The van der Waals surface area contributed by atoms with Crippen molar-refractivity contribution in [3.63, 3.8) is 0 Å². The van der Waals surface area contributed by atoms with E-state index in [-0.39, 0.29) is 17.7 Å². The topological polar surface area (TPSA) is 37.3 Å². The molecule has 1 saturated carbocycles. The molecule has 16 heavy (non-hydrogen) atoms. The molecule has 0 saturated heterocycles. The van der Waals surface area contributed by atoms with E-state index in [4.69, 9.17) is 16.7 Å². The van der Waals surface area contributed by atoms with Gasteiger partial charge in [0.2, 0.25) is 0 Å². The zero-order valence-electron chi connectivity index (χ0n) is 8.62. The normalized spacial score (nSPS) is 24.6. The fourth-order valence-electron chi connectivity index (χ4n) is 2.37. The minimum atomic E-state index is -0.796. The third kappa shape index (κ3) is 2.05. The molecule has 2 atom stereocenters. The lowest BCUT2D eigenvalue weighted by Gasteiger charge is -2.12. The number of hydrogen-bond acceptors (Lipinski definition) is 1. The van der Waals surface area contributed by atoms with Gasteiger partial charge in [-0.2, -0.15) is 0 Å². The average Bonchev–Trinajstić information content (AvgIpc) is 2.66. The van der Waals surface area contributed by atoms with E-state index in [1.54, 1.807) is 12.1 Å². The van der Waals surface area contributed by atoms with Crippen LogP contribution in [-0.2, 0) is 4.79 Å². The lowest BCUT2D eigenvalue weighted by Crippen LogP contribution is -2.09. The first-order valence-electron chi connectivity index (χ1n) is 5.26. The summed E-state index contributed by atoms with van der Waals surface area (Å²) in [7, 11) is 0. The van der Waals surface area contributed by atoms with Crippen molar-refractivity contribution in [1.29, 1.82) is 0 Å². The van der Waals surface area contributed by atoms with Crippen molar-refractivity contribution in [2.45, 2.75) is 25.2 Å². The maximum absolute atomic E-state index is 13.6. The summed E-state index contributed by atoms with van der Waals surface area (Å²) < 4.78 is 13.6. The van der Waals surface area contributed by atoms with Gasteiger partial charge in [0.25, 0.3) is 0 Å². The van der Waals surface area contributed by atoms with Crippen molar-refractivity contribution in [3.05, 3.63) is 34.6 Å². The predicted octanol–water partition coefficient (Wildman–Crippen LogP) is 3.45. The van der Waals surface area contributed by atoms with Crippen LogP contribution in [0.3, 0.4) is 0 Å². The van der Waals surface area contributed by atoms with E-state index in [0.717, 1.165) is 0 Å². The monoisotopic (exact) mass is 242 g/mol. The van der Waals surface area contributed by atoms with Gasteiger partial charge in [-0.05, 0) is 37.3 Å². The largest absolute Gasteiger partial charge is 0.481 e. The van der Waals surface area contributed by atoms with Gasteiger partial charge in [0.1, 0.15) is 5.82 Å². The van der Waals surface area contributed by atoms with Gasteiger partial charge < -0.3 is 5.11 Å². The number of aliphatic carboxylic acids is 1. The number of carbonyl (C=O) groups is 1. The fourth-order valence-corrected chi connectivity index (χ4v) is 2.69. The van der Waals surface area contributed by atoms with Gasteiger partial charge in [0.15, 0.2) is 0 Å². The number of hydrogen-bond donors (Lipinski definition) is 1. The van der Waals surface area contributed by atoms with E-state index in [0.29, 0.717) is 29.8 Å². The molecule has 0 aliphatic heterocycles. The van der Waals surface area contributed by atoms with E-state index < -0.39 is 5.97 Å². The van der Waals surface area contributed by atoms with E-state index >= 15 is 0 Å². The molecule has 1 fully saturated rings. The standard InChI is InChI=1S/C12H12ClFO2/c13-9-2-1-3-10(14)11(9)7-4-5-8(6-7)12(15)16/h1-3,7-8H,4-6H2,(H,15,16). The number of rotatable bonds is 2. The zero-order chi connectivity index (χ0) is 11.7. The first-order valence-corrected chi connectivity index (χ1v) is 5.64. The van der Waals surface area contributed by atoms with E-state index in [1.807, 2.05) is 0 Å². The van der Waals surface area contributed by atoms with Crippen LogP contribution in [-0.4, -0.2) is 11.1 Å². The maximum Gasteiger partial charge on any atom is 0.306 e. The number of halogens is 2. The van der Waals surface area contributed by atoms with Gasteiger partial charge in [-0.1, -0.05) is 17.7 Å². The minimum Gasteiger partial charge on any atom is -0.481 e. The Labute approximate surface area is 98.0 Å². The van der Waals surface area contributed by atoms with Crippen LogP contribution >= 0.6 is 11.6 Å². The third-order valence-electron chi connectivity index (χ3n) is 3.19. The molecular formula is C12H12ClFO2. The highest BCUT2D eigenvalue weighted by Gasteiger charge is 2.32. The van der Waals surface area contributed by atoms with Crippen LogP contribution in [0.1, 0.15) is 30.7 Å². The SMILES string of the molecule is O=C(O)C1CCC(c2c(F)cccc2Cl)C1. The average molecular weight is 243 g/mol. The molecule has 1 aromatic rings. The molecule has 0 radical (unpaired) electrons. The van der Waals surface area contributed by atoms with E-state index in [1.165, 1.54) is 6.07 Å². The summed E-state index contributed by atoms with van der Waals surface area (Å²) in [5.74, 6) is -1.55. The van der Waals surface area contributed by atoms with Crippen LogP contribution in [0.25, 0.3) is 0 Å². The summed E-state index contributed by atoms with van der Waals surface area (Å²) in [4.78, 5) is 10.8. The molecule has 1 aliphatic carbocycles. The molecule has 1 N–H and O–H groups in total. The minimum absolute atomic E-state index is 0.0604. The van der Waals surface area contributed by atoms with Crippen LogP contribution in [0.2, 0.25) is 5.02 Å². The van der Waals surface area contributed by atoms with Crippen molar-refractivity contribution in [2.24, 2.45) is 5.92 Å². The molecular weight excluding hydrogens is 231 g/mol. The molecule has 0 heterocycles. The summed E-state index contributed by atoms with van der Waals surface area (Å²) in [6.45, 7) is 0. The smallest absolute Gasteiger partial charge is 0.306 e. The molecule has 4 heteroatoms. The van der Waals surface area contributed by atoms with Crippen LogP contribution < -0.4 is 0 Å². The molecule has 2 nitrogen and oxygen atoms in total. The lowest BCUT2D eigenvalue weighted by atomic mass is 9.96. The van der Waals surface area contributed by atoms with Gasteiger partial charge >= 0.3 is 5.97 Å². The highest BCUT2D eigenvalue weighted by molar-refractivity contribution is 6.31. The summed E-state index contributed by atoms with van der Waals surface area (Å²) in [5.41, 5.74) is 0.480. The second-order valence-corrected chi connectivity index (χ2v) is 4.59. The Morgan fingerprint density at radius 2 is 2.19 bits per heavy atom. The van der Waals surface area contributed by atoms with Crippen LogP contribution in [0, 0.1) is 11.7 Å². The van der Waals surface area contributed by atoms with Gasteiger partial charge in [0, 0.05) is 10.6 Å². The molecule has 2 rings (SSSR count). The van der Waals surface area contributed by atoms with Crippen LogP contribution in [0.15, 0.2) is 18.2 Å². The van der Waals surface area contributed by atoms with Crippen molar-refractivity contribution >= 4 is 17.6 Å². The Bertz CT molecular complexity index is 399. The molecule has 86 valence electrons. The Kier molecular flexibility index (Phi) is 3.15. The van der Waals surface area contributed by atoms with Gasteiger partial charge in [-0.15, -0.1) is 0 Å². The third-order valence-corrected chi connectivity index (χ3v) is 3.52. The second-order valence-electron chi connectivity index (χ2n) is 4.18. The summed E-state index contributed by atoms with van der Waals surface area (Å²) in [5, 5.41) is 9.29. The van der Waals surface area contributed by atoms with Crippen molar-refractivity contribution < 1.29 is 14.3 Å². The predicted molar refractivity (Wildman–Crippen MR) is 59.1 cm³/mol. The first kappa shape index (κ1) is 11.4. The lowest BCUT2D eigenvalue weighted by molar-refractivity contribution is -0.141. The number of carboxylic acid groups (broad SMARTS) is 1.